The van der Waals surface area contributed by atoms with Crippen molar-refractivity contribution in [1.82, 2.24) is 5.32 Å². The van der Waals surface area contributed by atoms with E-state index in [0.29, 0.717) is 28.0 Å². The molecule has 0 radical (unpaired) electrons. The van der Waals surface area contributed by atoms with Crippen LogP contribution in [-0.2, 0) is 33.5 Å². The lowest BCUT2D eigenvalue weighted by atomic mass is 9.94. The number of hydrogen-bond donors (Lipinski definition) is 2. The molecule has 1 aliphatic carbocycles. The van der Waals surface area contributed by atoms with E-state index in [0.717, 1.165) is 25.0 Å². The van der Waals surface area contributed by atoms with Crippen LogP contribution in [0.15, 0.2) is 36.4 Å². The molecule has 9 heteroatoms. The molecule has 3 rings (SSSR count). The molecule has 0 bridgehead atoms. The summed E-state index contributed by atoms with van der Waals surface area (Å²) in [5, 5.41) is 12.1. The summed E-state index contributed by atoms with van der Waals surface area (Å²) in [6.45, 7) is 0.319. The second kappa shape index (κ2) is 10.0. The van der Waals surface area contributed by atoms with Gasteiger partial charge in [-0.15, -0.1) is 0 Å². The lowest BCUT2D eigenvalue weighted by molar-refractivity contribution is -0.144. The van der Waals surface area contributed by atoms with Gasteiger partial charge in [0.2, 0.25) is 0 Å². The molecular formula is C23H24F3NO5. The lowest BCUT2D eigenvalue weighted by Crippen LogP contribution is -2.20. The first-order valence-electron chi connectivity index (χ1n) is 10.2. The van der Waals surface area contributed by atoms with Gasteiger partial charge in [-0.2, -0.15) is 13.2 Å². The quantitative estimate of drug-likeness (QED) is 0.416. The molecule has 172 valence electrons. The van der Waals surface area contributed by atoms with Gasteiger partial charge in [0.15, 0.2) is 0 Å². The van der Waals surface area contributed by atoms with Crippen molar-refractivity contribution >= 4 is 11.9 Å². The van der Waals surface area contributed by atoms with E-state index in [-0.39, 0.29) is 38.0 Å². The van der Waals surface area contributed by atoms with Crippen LogP contribution in [0.2, 0.25) is 0 Å². The standard InChI is InChI=1S/C23H24F3NO5/c1-31-20-7-2-14(11-21(28)29)10-19(20)18-6-3-16(23(24,25)26)12-15(18)13-27-9-8-22(30)32-17-4-5-17/h2-3,6-7,10,12,17,27H,4-5,8-9,11,13H2,1H3,(H,28,29). The van der Waals surface area contributed by atoms with E-state index in [4.69, 9.17) is 14.6 Å². The Hall–Kier alpha value is -3.07. The van der Waals surface area contributed by atoms with Crippen LogP contribution in [0.25, 0.3) is 11.1 Å². The van der Waals surface area contributed by atoms with E-state index in [1.54, 1.807) is 18.2 Å². The number of carboxylic acid groups (broad SMARTS) is 1. The van der Waals surface area contributed by atoms with Gasteiger partial charge in [-0.1, -0.05) is 12.1 Å². The van der Waals surface area contributed by atoms with Gasteiger partial charge >= 0.3 is 18.1 Å². The molecule has 0 saturated heterocycles. The minimum Gasteiger partial charge on any atom is -0.496 e. The number of rotatable bonds is 10. The van der Waals surface area contributed by atoms with Gasteiger partial charge in [-0.25, -0.2) is 0 Å². The van der Waals surface area contributed by atoms with Crippen molar-refractivity contribution in [2.75, 3.05) is 13.7 Å². The second-order valence-corrected chi connectivity index (χ2v) is 7.59. The maximum absolute atomic E-state index is 13.3. The SMILES string of the molecule is COc1ccc(CC(=O)O)cc1-c1ccc(C(F)(F)F)cc1CNCCC(=O)OC1CC1. The van der Waals surface area contributed by atoms with Gasteiger partial charge in [-0.3, -0.25) is 9.59 Å². The molecule has 0 heterocycles. The number of carbonyl (C=O) groups is 2. The molecule has 6 nitrogen and oxygen atoms in total. The zero-order valence-electron chi connectivity index (χ0n) is 17.5. The van der Waals surface area contributed by atoms with Gasteiger partial charge in [0.1, 0.15) is 11.9 Å². The fraction of sp³-hybridized carbons (Fsp3) is 0.391. The van der Waals surface area contributed by atoms with E-state index in [1.807, 2.05) is 0 Å². The molecule has 0 unspecified atom stereocenters. The number of aliphatic carboxylic acids is 1. The van der Waals surface area contributed by atoms with Gasteiger partial charge in [-0.05, 0) is 53.8 Å². The topological polar surface area (TPSA) is 84.9 Å². The van der Waals surface area contributed by atoms with Crippen molar-refractivity contribution in [2.24, 2.45) is 0 Å². The zero-order valence-corrected chi connectivity index (χ0v) is 17.5. The number of halogens is 3. The number of hydrogen-bond acceptors (Lipinski definition) is 5. The predicted molar refractivity (Wildman–Crippen MR) is 110 cm³/mol. The fourth-order valence-corrected chi connectivity index (χ4v) is 3.27. The molecule has 32 heavy (non-hydrogen) atoms. The van der Waals surface area contributed by atoms with Crippen molar-refractivity contribution in [3.63, 3.8) is 0 Å². The number of nitrogens with one attached hydrogen (secondary N) is 1. The highest BCUT2D eigenvalue weighted by Crippen LogP contribution is 2.37. The molecule has 2 aromatic carbocycles. The van der Waals surface area contributed by atoms with Crippen molar-refractivity contribution in [3.8, 4) is 16.9 Å². The summed E-state index contributed by atoms with van der Waals surface area (Å²) in [6, 6.07) is 8.18. The van der Waals surface area contributed by atoms with Crippen molar-refractivity contribution in [1.29, 1.82) is 0 Å². The predicted octanol–water partition coefficient (Wildman–Crippen LogP) is 4.19. The van der Waals surface area contributed by atoms with Crippen LogP contribution in [0.4, 0.5) is 13.2 Å². The summed E-state index contributed by atoms with van der Waals surface area (Å²) in [7, 11) is 1.43. The van der Waals surface area contributed by atoms with Crippen LogP contribution in [0.3, 0.4) is 0 Å². The average molecular weight is 451 g/mol. The first-order valence-corrected chi connectivity index (χ1v) is 10.2. The Kier molecular flexibility index (Phi) is 7.40. The van der Waals surface area contributed by atoms with Crippen LogP contribution >= 0.6 is 0 Å². The smallest absolute Gasteiger partial charge is 0.416 e. The third-order valence-corrected chi connectivity index (χ3v) is 4.99. The molecule has 0 amide bonds. The Labute approximate surface area is 183 Å². The van der Waals surface area contributed by atoms with Gasteiger partial charge in [0.25, 0.3) is 0 Å². The number of carbonyl (C=O) groups excluding carboxylic acids is 1. The Bertz CT molecular complexity index is 986. The highest BCUT2D eigenvalue weighted by molar-refractivity contribution is 5.77. The first-order chi connectivity index (χ1) is 15.2. The van der Waals surface area contributed by atoms with E-state index < -0.39 is 17.7 Å². The molecule has 0 spiro atoms. The number of ether oxygens (including phenoxy) is 2. The summed E-state index contributed by atoms with van der Waals surface area (Å²) >= 11 is 0. The number of esters is 1. The maximum atomic E-state index is 13.3. The molecule has 1 saturated carbocycles. The molecule has 2 aromatic rings. The summed E-state index contributed by atoms with van der Waals surface area (Å²) in [5.74, 6) is -0.950. The van der Waals surface area contributed by atoms with E-state index in [2.05, 4.69) is 5.32 Å². The highest BCUT2D eigenvalue weighted by Gasteiger charge is 2.31. The van der Waals surface area contributed by atoms with Crippen LogP contribution in [-0.4, -0.2) is 36.8 Å². The lowest BCUT2D eigenvalue weighted by Gasteiger charge is -2.17. The summed E-state index contributed by atoms with van der Waals surface area (Å²) in [4.78, 5) is 22.8. The normalized spacial score (nSPS) is 13.6. The Balaban J connectivity index is 1.85. The van der Waals surface area contributed by atoms with Crippen LogP contribution < -0.4 is 10.1 Å². The Morgan fingerprint density at radius 3 is 2.50 bits per heavy atom. The molecular weight excluding hydrogens is 427 g/mol. The van der Waals surface area contributed by atoms with Gasteiger partial charge in [0, 0.05) is 18.7 Å². The molecule has 0 aliphatic heterocycles. The largest absolute Gasteiger partial charge is 0.496 e. The molecule has 1 aliphatic rings. The second-order valence-electron chi connectivity index (χ2n) is 7.59. The van der Waals surface area contributed by atoms with Crippen molar-refractivity contribution in [3.05, 3.63) is 53.1 Å². The first kappa shape index (κ1) is 23.6. The van der Waals surface area contributed by atoms with Crippen LogP contribution in [0, 0.1) is 0 Å². The number of alkyl halides is 3. The van der Waals surface area contributed by atoms with Crippen molar-refractivity contribution < 1.29 is 37.3 Å². The maximum Gasteiger partial charge on any atom is 0.416 e. The van der Waals surface area contributed by atoms with Crippen molar-refractivity contribution in [2.45, 2.75) is 44.5 Å². The van der Waals surface area contributed by atoms with Gasteiger partial charge in [0.05, 0.1) is 25.5 Å². The molecule has 0 aromatic heterocycles. The highest BCUT2D eigenvalue weighted by atomic mass is 19.4. The average Bonchev–Trinajstić information content (AvgIpc) is 3.54. The number of carboxylic acids is 1. The number of methoxy groups -OCH3 is 1. The molecule has 0 atom stereocenters. The van der Waals surface area contributed by atoms with E-state index >= 15 is 0 Å². The zero-order chi connectivity index (χ0) is 23.3. The Morgan fingerprint density at radius 2 is 1.88 bits per heavy atom. The number of benzene rings is 2. The van der Waals surface area contributed by atoms with Gasteiger partial charge < -0.3 is 19.9 Å². The molecule has 2 N–H and O–H groups in total. The third-order valence-electron chi connectivity index (χ3n) is 4.99. The van der Waals surface area contributed by atoms with Crippen LogP contribution in [0.1, 0.15) is 36.0 Å². The fourth-order valence-electron chi connectivity index (χ4n) is 3.27. The minimum absolute atomic E-state index is 0.00288. The van der Waals surface area contributed by atoms with E-state index in [9.17, 15) is 22.8 Å². The summed E-state index contributed by atoms with van der Waals surface area (Å²) in [5.41, 5.74) is 1.02. The summed E-state index contributed by atoms with van der Waals surface area (Å²) < 4.78 is 50.4. The molecule has 1 fully saturated rings. The Morgan fingerprint density at radius 1 is 1.12 bits per heavy atom. The van der Waals surface area contributed by atoms with E-state index in [1.165, 1.54) is 13.2 Å². The monoisotopic (exact) mass is 451 g/mol. The van der Waals surface area contributed by atoms with Crippen LogP contribution in [0.5, 0.6) is 5.75 Å². The minimum atomic E-state index is -4.52. The summed E-state index contributed by atoms with van der Waals surface area (Å²) in [6.07, 6.45) is -2.89. The third kappa shape index (κ3) is 6.46.